The lowest BCUT2D eigenvalue weighted by Gasteiger charge is -1.93. The van der Waals surface area contributed by atoms with Gasteiger partial charge in [-0.3, -0.25) is 4.79 Å². The number of hydrogen-bond donors (Lipinski definition) is 2. The van der Waals surface area contributed by atoms with Gasteiger partial charge in [0.25, 0.3) is 0 Å². The molecular weight excluding hydrogens is 148 g/mol. The molecule has 2 unspecified atom stereocenters. The summed E-state index contributed by atoms with van der Waals surface area (Å²) in [5.74, 6) is -0.762. The second-order valence-electron chi connectivity index (χ2n) is 2.70. The first-order valence-electron chi connectivity index (χ1n) is 3.75. The molecule has 0 spiro atoms. The summed E-state index contributed by atoms with van der Waals surface area (Å²) < 4.78 is 4.73. The monoisotopic (exact) mass is 160 g/mol. The highest BCUT2D eigenvalue weighted by Gasteiger charge is 2.35. The molecule has 1 heterocycles. The van der Waals surface area contributed by atoms with Gasteiger partial charge >= 0.3 is 5.97 Å². The minimum absolute atomic E-state index is 0.0243. The highest BCUT2D eigenvalue weighted by molar-refractivity contribution is 5.66. The Labute approximate surface area is 64.8 Å². The molecule has 1 aliphatic heterocycles. The van der Waals surface area contributed by atoms with Gasteiger partial charge in [0.2, 0.25) is 0 Å². The molecule has 1 fully saturated rings. The quantitative estimate of drug-likeness (QED) is 0.449. The van der Waals surface area contributed by atoms with Gasteiger partial charge in [0.05, 0.1) is 0 Å². The Hall–Kier alpha value is -0.610. The van der Waals surface area contributed by atoms with Crippen molar-refractivity contribution in [2.45, 2.75) is 38.1 Å². The average molecular weight is 160 g/mol. The van der Waals surface area contributed by atoms with Gasteiger partial charge in [-0.05, 0) is 12.8 Å². The molecule has 0 aromatic heterocycles. The molecular formula is C7H12O4. The van der Waals surface area contributed by atoms with E-state index < -0.39 is 12.3 Å². The van der Waals surface area contributed by atoms with Crippen molar-refractivity contribution < 1.29 is 19.7 Å². The van der Waals surface area contributed by atoms with E-state index in [1.54, 1.807) is 0 Å². The summed E-state index contributed by atoms with van der Waals surface area (Å²) in [5.41, 5.74) is 0. The number of unbranched alkanes of at least 4 members (excludes halogenated alkanes) is 1. The molecule has 0 saturated carbocycles. The number of carbonyl (C=O) groups is 1. The van der Waals surface area contributed by atoms with Crippen LogP contribution in [0.25, 0.3) is 0 Å². The molecule has 1 aliphatic rings. The molecule has 0 aromatic carbocycles. The Morgan fingerprint density at radius 3 is 2.55 bits per heavy atom. The Morgan fingerprint density at radius 2 is 2.09 bits per heavy atom. The summed E-state index contributed by atoms with van der Waals surface area (Å²) in [5, 5.41) is 17.0. The predicted molar refractivity (Wildman–Crippen MR) is 37.0 cm³/mol. The number of hydrogen-bond acceptors (Lipinski definition) is 3. The van der Waals surface area contributed by atoms with Crippen molar-refractivity contribution in [2.75, 3.05) is 0 Å². The summed E-state index contributed by atoms with van der Waals surface area (Å²) >= 11 is 0. The zero-order valence-corrected chi connectivity index (χ0v) is 6.19. The van der Waals surface area contributed by atoms with E-state index in [-0.39, 0.29) is 12.5 Å². The second-order valence-corrected chi connectivity index (χ2v) is 2.70. The maximum atomic E-state index is 10.0. The van der Waals surface area contributed by atoms with Gasteiger partial charge in [-0.15, -0.1) is 0 Å². The number of epoxide rings is 1. The number of carboxylic acid groups (broad SMARTS) is 1. The van der Waals surface area contributed by atoms with Crippen LogP contribution in [0.2, 0.25) is 0 Å². The Balaban J connectivity index is 1.85. The predicted octanol–water partition coefficient (Wildman–Crippen LogP) is 0.349. The van der Waals surface area contributed by atoms with Crippen molar-refractivity contribution in [2.24, 2.45) is 0 Å². The number of aliphatic hydroxyl groups excluding tert-OH is 1. The van der Waals surface area contributed by atoms with Crippen LogP contribution in [0.15, 0.2) is 0 Å². The fourth-order valence-corrected chi connectivity index (χ4v) is 0.966. The summed E-state index contributed by atoms with van der Waals surface area (Å²) in [4.78, 5) is 10.0. The molecule has 4 nitrogen and oxygen atoms in total. The molecule has 0 radical (unpaired) electrons. The van der Waals surface area contributed by atoms with Crippen LogP contribution >= 0.6 is 0 Å². The first-order valence-corrected chi connectivity index (χ1v) is 3.75. The molecule has 11 heavy (non-hydrogen) atoms. The molecule has 2 N–H and O–H groups in total. The van der Waals surface area contributed by atoms with Gasteiger partial charge < -0.3 is 14.9 Å². The van der Waals surface area contributed by atoms with Gasteiger partial charge in [-0.25, -0.2) is 0 Å². The lowest BCUT2D eigenvalue weighted by Crippen LogP contribution is -1.96. The molecule has 0 bridgehead atoms. The number of carboxylic acids is 1. The average Bonchev–Trinajstić information content (AvgIpc) is 2.59. The summed E-state index contributed by atoms with van der Waals surface area (Å²) in [6.07, 6.45) is 1.86. The normalized spacial score (nSPS) is 28.5. The van der Waals surface area contributed by atoms with Crippen LogP contribution in [0.5, 0.6) is 0 Å². The van der Waals surface area contributed by atoms with E-state index in [1.165, 1.54) is 0 Å². The molecule has 1 rings (SSSR count). The Bertz CT molecular complexity index is 145. The lowest BCUT2D eigenvalue weighted by molar-refractivity contribution is -0.137. The zero-order valence-electron chi connectivity index (χ0n) is 6.19. The highest BCUT2D eigenvalue weighted by Crippen LogP contribution is 2.24. The first-order chi connectivity index (χ1) is 5.20. The molecule has 64 valence electrons. The SMILES string of the molecule is O=C(O)CCCCC1OC1O. The van der Waals surface area contributed by atoms with Gasteiger partial charge in [0.15, 0.2) is 6.29 Å². The van der Waals surface area contributed by atoms with Crippen molar-refractivity contribution in [1.82, 2.24) is 0 Å². The maximum Gasteiger partial charge on any atom is 0.303 e. The van der Waals surface area contributed by atoms with E-state index in [4.69, 9.17) is 14.9 Å². The van der Waals surface area contributed by atoms with Crippen LogP contribution in [-0.4, -0.2) is 28.6 Å². The summed E-state index contributed by atoms with van der Waals surface area (Å²) in [6.45, 7) is 0. The topological polar surface area (TPSA) is 70.1 Å². The van der Waals surface area contributed by atoms with Crippen LogP contribution in [0.4, 0.5) is 0 Å². The van der Waals surface area contributed by atoms with E-state index in [2.05, 4.69) is 0 Å². The van der Waals surface area contributed by atoms with Crippen molar-refractivity contribution in [3.8, 4) is 0 Å². The van der Waals surface area contributed by atoms with Crippen molar-refractivity contribution >= 4 is 5.97 Å². The van der Waals surface area contributed by atoms with Crippen LogP contribution < -0.4 is 0 Å². The third-order valence-electron chi connectivity index (χ3n) is 1.68. The Kier molecular flexibility index (Phi) is 2.84. The van der Waals surface area contributed by atoms with Gasteiger partial charge in [0.1, 0.15) is 6.10 Å². The number of aliphatic hydroxyl groups is 1. The fourth-order valence-electron chi connectivity index (χ4n) is 0.966. The van der Waals surface area contributed by atoms with Crippen LogP contribution in [0.1, 0.15) is 25.7 Å². The van der Waals surface area contributed by atoms with Gasteiger partial charge in [-0.1, -0.05) is 6.42 Å². The van der Waals surface area contributed by atoms with Crippen molar-refractivity contribution in [3.05, 3.63) is 0 Å². The highest BCUT2D eigenvalue weighted by atomic mass is 16.7. The van der Waals surface area contributed by atoms with Crippen LogP contribution in [0, 0.1) is 0 Å². The van der Waals surface area contributed by atoms with E-state index in [1.807, 2.05) is 0 Å². The number of ether oxygens (including phenoxy) is 1. The van der Waals surface area contributed by atoms with Gasteiger partial charge in [0, 0.05) is 6.42 Å². The fraction of sp³-hybridized carbons (Fsp3) is 0.857. The zero-order chi connectivity index (χ0) is 8.27. The lowest BCUT2D eigenvalue weighted by atomic mass is 10.1. The van der Waals surface area contributed by atoms with Crippen LogP contribution in [0.3, 0.4) is 0 Å². The minimum Gasteiger partial charge on any atom is -0.481 e. The summed E-state index contributed by atoms with van der Waals surface area (Å²) in [7, 11) is 0. The second kappa shape index (κ2) is 3.69. The summed E-state index contributed by atoms with van der Waals surface area (Å²) in [6, 6.07) is 0. The molecule has 0 aromatic rings. The van der Waals surface area contributed by atoms with E-state index in [0.717, 1.165) is 12.8 Å². The number of rotatable bonds is 5. The van der Waals surface area contributed by atoms with E-state index >= 15 is 0 Å². The largest absolute Gasteiger partial charge is 0.481 e. The minimum atomic E-state index is -0.762. The van der Waals surface area contributed by atoms with Gasteiger partial charge in [-0.2, -0.15) is 0 Å². The first kappa shape index (κ1) is 8.49. The Morgan fingerprint density at radius 1 is 1.45 bits per heavy atom. The third-order valence-corrected chi connectivity index (χ3v) is 1.68. The molecule has 4 heteroatoms. The standard InChI is InChI=1S/C7H12O4/c8-6(9)4-2-1-3-5-7(10)11-5/h5,7,10H,1-4H2,(H,8,9). The van der Waals surface area contributed by atoms with E-state index in [0.29, 0.717) is 6.42 Å². The van der Waals surface area contributed by atoms with Crippen LogP contribution in [-0.2, 0) is 9.53 Å². The van der Waals surface area contributed by atoms with Crippen molar-refractivity contribution in [1.29, 1.82) is 0 Å². The molecule has 1 saturated heterocycles. The van der Waals surface area contributed by atoms with Crippen molar-refractivity contribution in [3.63, 3.8) is 0 Å². The molecule has 2 atom stereocenters. The molecule has 0 aliphatic carbocycles. The third kappa shape index (κ3) is 3.34. The van der Waals surface area contributed by atoms with E-state index in [9.17, 15) is 4.79 Å². The molecule has 0 amide bonds. The smallest absolute Gasteiger partial charge is 0.303 e. The number of aliphatic carboxylic acids is 1. The maximum absolute atomic E-state index is 10.0.